The Hall–Kier alpha value is -1.40. The first-order chi connectivity index (χ1) is 10.2. The first-order valence-electron chi connectivity index (χ1n) is 7.78. The van der Waals surface area contributed by atoms with E-state index in [2.05, 4.69) is 32.4 Å². The Morgan fingerprint density at radius 3 is 2.52 bits per heavy atom. The Morgan fingerprint density at radius 1 is 1.19 bits per heavy atom. The van der Waals surface area contributed by atoms with Crippen molar-refractivity contribution in [1.29, 1.82) is 0 Å². The molecule has 0 amide bonds. The van der Waals surface area contributed by atoms with E-state index in [-0.39, 0.29) is 0 Å². The van der Waals surface area contributed by atoms with Gasteiger partial charge in [-0.05, 0) is 33.9 Å². The zero-order chi connectivity index (χ0) is 15.1. The van der Waals surface area contributed by atoms with Gasteiger partial charge in [0.2, 0.25) is 0 Å². The second-order valence-electron chi connectivity index (χ2n) is 5.64. The molecule has 0 saturated heterocycles. The largest absolute Gasteiger partial charge is 0.378 e. The van der Waals surface area contributed by atoms with Crippen LogP contribution in [0.4, 0.5) is 11.6 Å². The van der Waals surface area contributed by atoms with E-state index in [9.17, 15) is 0 Å². The first kappa shape index (κ1) is 16.0. The predicted molar refractivity (Wildman–Crippen MR) is 86.0 cm³/mol. The van der Waals surface area contributed by atoms with E-state index >= 15 is 0 Å². The van der Waals surface area contributed by atoms with E-state index in [0.717, 1.165) is 43.7 Å². The summed E-state index contributed by atoms with van der Waals surface area (Å²) in [5.41, 5.74) is 0. The molecule has 6 nitrogen and oxygen atoms in total. The van der Waals surface area contributed by atoms with Crippen molar-refractivity contribution in [3.05, 3.63) is 11.9 Å². The standard InChI is InChI=1S/C15H27N5O/c1-4-16-13-11-14(19-15(18-13)12-5-6-12)17-7-9-21-10-8-20(2)3/h11-12H,4-10H2,1-3H3,(H2,16,17,18,19). The third-order valence-electron chi connectivity index (χ3n) is 3.28. The van der Waals surface area contributed by atoms with Crippen molar-refractivity contribution in [2.24, 2.45) is 0 Å². The zero-order valence-electron chi connectivity index (χ0n) is 13.4. The fourth-order valence-electron chi connectivity index (χ4n) is 1.95. The maximum absolute atomic E-state index is 5.57. The maximum atomic E-state index is 5.57. The molecule has 1 aliphatic carbocycles. The molecule has 0 radical (unpaired) electrons. The van der Waals surface area contributed by atoms with Crippen molar-refractivity contribution in [2.45, 2.75) is 25.7 Å². The molecule has 6 heteroatoms. The summed E-state index contributed by atoms with van der Waals surface area (Å²) < 4.78 is 5.57. The second-order valence-corrected chi connectivity index (χ2v) is 5.64. The van der Waals surface area contributed by atoms with Gasteiger partial charge in [-0.3, -0.25) is 0 Å². The number of hydrogen-bond donors (Lipinski definition) is 2. The van der Waals surface area contributed by atoms with Crippen LogP contribution in [-0.2, 0) is 4.74 Å². The van der Waals surface area contributed by atoms with Crippen LogP contribution in [0.25, 0.3) is 0 Å². The number of likely N-dealkylation sites (N-methyl/N-ethyl adjacent to an activating group) is 1. The van der Waals surface area contributed by atoms with E-state index in [0.29, 0.717) is 12.5 Å². The Morgan fingerprint density at radius 2 is 1.90 bits per heavy atom. The van der Waals surface area contributed by atoms with E-state index < -0.39 is 0 Å². The van der Waals surface area contributed by atoms with Gasteiger partial charge in [0.05, 0.1) is 13.2 Å². The molecule has 0 bridgehead atoms. The molecular weight excluding hydrogens is 266 g/mol. The topological polar surface area (TPSA) is 62.3 Å². The fourth-order valence-corrected chi connectivity index (χ4v) is 1.95. The third-order valence-corrected chi connectivity index (χ3v) is 3.28. The molecule has 2 rings (SSSR count). The van der Waals surface area contributed by atoms with E-state index in [4.69, 9.17) is 4.74 Å². The molecule has 1 fully saturated rings. The minimum absolute atomic E-state index is 0.556. The van der Waals surface area contributed by atoms with Crippen LogP contribution in [0.3, 0.4) is 0 Å². The highest BCUT2D eigenvalue weighted by atomic mass is 16.5. The van der Waals surface area contributed by atoms with Crippen LogP contribution in [0.2, 0.25) is 0 Å². The summed E-state index contributed by atoms with van der Waals surface area (Å²) in [5, 5.41) is 6.59. The highest BCUT2D eigenvalue weighted by Crippen LogP contribution is 2.38. The average molecular weight is 293 g/mol. The van der Waals surface area contributed by atoms with Gasteiger partial charge in [0.1, 0.15) is 17.5 Å². The molecule has 0 atom stereocenters. The highest BCUT2D eigenvalue weighted by molar-refractivity contribution is 5.48. The van der Waals surface area contributed by atoms with Crippen LogP contribution < -0.4 is 10.6 Å². The molecule has 0 aromatic carbocycles. The minimum Gasteiger partial charge on any atom is -0.378 e. The summed E-state index contributed by atoms with van der Waals surface area (Å²) in [6.07, 6.45) is 2.42. The molecule has 21 heavy (non-hydrogen) atoms. The highest BCUT2D eigenvalue weighted by Gasteiger charge is 2.27. The summed E-state index contributed by atoms with van der Waals surface area (Å²) in [6, 6.07) is 1.97. The molecule has 0 spiro atoms. The lowest BCUT2D eigenvalue weighted by molar-refractivity contribution is 0.126. The molecule has 0 aliphatic heterocycles. The van der Waals surface area contributed by atoms with Crippen molar-refractivity contribution >= 4 is 11.6 Å². The minimum atomic E-state index is 0.556. The Balaban J connectivity index is 1.78. The quantitative estimate of drug-likeness (QED) is 0.641. The lowest BCUT2D eigenvalue weighted by Crippen LogP contribution is -2.20. The number of nitrogens with zero attached hydrogens (tertiary/aromatic N) is 3. The van der Waals surface area contributed by atoms with Crippen LogP contribution >= 0.6 is 0 Å². The smallest absolute Gasteiger partial charge is 0.136 e. The molecule has 1 heterocycles. The normalized spacial score (nSPS) is 14.5. The van der Waals surface area contributed by atoms with Gasteiger partial charge < -0.3 is 20.3 Å². The summed E-state index contributed by atoms with van der Waals surface area (Å²) in [6.45, 7) is 6.10. The first-order valence-corrected chi connectivity index (χ1v) is 7.78. The molecular formula is C15H27N5O. The molecule has 1 saturated carbocycles. The number of aromatic nitrogens is 2. The molecule has 0 unspecified atom stereocenters. The van der Waals surface area contributed by atoms with Gasteiger partial charge in [-0.1, -0.05) is 0 Å². The van der Waals surface area contributed by atoms with Crippen molar-refractivity contribution < 1.29 is 4.74 Å². The van der Waals surface area contributed by atoms with Crippen LogP contribution in [0, 0.1) is 0 Å². The number of anilines is 2. The monoisotopic (exact) mass is 293 g/mol. The number of ether oxygens (including phenoxy) is 1. The maximum Gasteiger partial charge on any atom is 0.136 e. The predicted octanol–water partition coefficient (Wildman–Crippen LogP) is 1.78. The lowest BCUT2D eigenvalue weighted by Gasteiger charge is -2.12. The van der Waals surface area contributed by atoms with Gasteiger partial charge in [-0.25, -0.2) is 9.97 Å². The molecule has 1 aromatic heterocycles. The van der Waals surface area contributed by atoms with Crippen LogP contribution in [0.5, 0.6) is 0 Å². The molecule has 2 N–H and O–H groups in total. The molecule has 1 aromatic rings. The van der Waals surface area contributed by atoms with E-state index in [1.54, 1.807) is 0 Å². The van der Waals surface area contributed by atoms with Crippen molar-refractivity contribution in [3.63, 3.8) is 0 Å². The fraction of sp³-hybridized carbons (Fsp3) is 0.733. The summed E-state index contributed by atoms with van der Waals surface area (Å²) >= 11 is 0. The summed E-state index contributed by atoms with van der Waals surface area (Å²) in [4.78, 5) is 11.3. The van der Waals surface area contributed by atoms with Crippen molar-refractivity contribution in [3.8, 4) is 0 Å². The SMILES string of the molecule is CCNc1cc(NCCOCCN(C)C)nc(C2CC2)n1. The van der Waals surface area contributed by atoms with E-state index in [1.807, 2.05) is 20.2 Å². The van der Waals surface area contributed by atoms with E-state index in [1.165, 1.54) is 12.8 Å². The third kappa shape index (κ3) is 5.85. The van der Waals surface area contributed by atoms with Gasteiger partial charge in [0, 0.05) is 31.6 Å². The second kappa shape index (κ2) is 8.14. The molecule has 118 valence electrons. The zero-order valence-corrected chi connectivity index (χ0v) is 13.4. The Kier molecular flexibility index (Phi) is 6.20. The summed E-state index contributed by atoms with van der Waals surface area (Å²) in [7, 11) is 4.09. The van der Waals surface area contributed by atoms with Gasteiger partial charge in [0.15, 0.2) is 0 Å². The van der Waals surface area contributed by atoms with Crippen LogP contribution in [0.15, 0.2) is 6.07 Å². The van der Waals surface area contributed by atoms with Crippen LogP contribution in [0.1, 0.15) is 31.5 Å². The number of hydrogen-bond acceptors (Lipinski definition) is 6. The number of rotatable bonds is 10. The number of nitrogens with one attached hydrogen (secondary N) is 2. The van der Waals surface area contributed by atoms with Gasteiger partial charge >= 0.3 is 0 Å². The van der Waals surface area contributed by atoms with Crippen molar-refractivity contribution in [1.82, 2.24) is 14.9 Å². The molecule has 1 aliphatic rings. The van der Waals surface area contributed by atoms with Gasteiger partial charge in [0.25, 0.3) is 0 Å². The Labute approximate surface area is 127 Å². The van der Waals surface area contributed by atoms with Gasteiger partial charge in [-0.2, -0.15) is 0 Å². The lowest BCUT2D eigenvalue weighted by atomic mass is 10.3. The average Bonchev–Trinajstić information content (AvgIpc) is 3.27. The van der Waals surface area contributed by atoms with Gasteiger partial charge in [-0.15, -0.1) is 0 Å². The summed E-state index contributed by atoms with van der Waals surface area (Å²) in [5.74, 6) is 3.31. The van der Waals surface area contributed by atoms with Crippen molar-refractivity contribution in [2.75, 3.05) is 57.6 Å². The Bertz CT molecular complexity index is 434. The van der Waals surface area contributed by atoms with Crippen LogP contribution in [-0.4, -0.2) is 61.8 Å².